The Labute approximate surface area is 131 Å². The molecule has 0 radical (unpaired) electrons. The second-order valence-corrected chi connectivity index (χ2v) is 6.47. The summed E-state index contributed by atoms with van der Waals surface area (Å²) >= 11 is 5.84. The fourth-order valence-electron chi connectivity index (χ4n) is 3.06. The second-order valence-electron chi connectivity index (χ2n) is 6.08. The van der Waals surface area contributed by atoms with Crippen molar-refractivity contribution >= 4 is 17.5 Å². The SMILES string of the molecule is CN(C)C1(CNC(=O)c2ccnc(Cl)c2)CCCCCC1. The average Bonchev–Trinajstić information content (AvgIpc) is 2.71. The van der Waals surface area contributed by atoms with Crippen LogP contribution in [0, 0.1) is 0 Å². The molecule has 4 nitrogen and oxygen atoms in total. The van der Waals surface area contributed by atoms with Gasteiger partial charge in [-0.2, -0.15) is 0 Å². The Morgan fingerprint density at radius 2 is 2.00 bits per heavy atom. The molecule has 21 heavy (non-hydrogen) atoms. The first-order valence-corrected chi connectivity index (χ1v) is 7.98. The van der Waals surface area contributed by atoms with Gasteiger partial charge in [0, 0.05) is 23.8 Å². The van der Waals surface area contributed by atoms with Crippen molar-refractivity contribution in [2.24, 2.45) is 0 Å². The molecule has 2 rings (SSSR count). The Bertz CT molecular complexity index is 482. The molecule has 5 heteroatoms. The van der Waals surface area contributed by atoms with Crippen molar-refractivity contribution in [1.29, 1.82) is 0 Å². The molecule has 1 amide bonds. The highest BCUT2D eigenvalue weighted by molar-refractivity contribution is 6.29. The normalized spacial score (nSPS) is 18.3. The molecular formula is C16H24ClN3O. The zero-order valence-corrected chi connectivity index (χ0v) is 13.6. The molecule has 0 aromatic carbocycles. The van der Waals surface area contributed by atoms with Crippen molar-refractivity contribution < 1.29 is 4.79 Å². The van der Waals surface area contributed by atoms with Crippen LogP contribution in [-0.2, 0) is 0 Å². The molecular weight excluding hydrogens is 286 g/mol. The number of rotatable bonds is 4. The van der Waals surface area contributed by atoms with Gasteiger partial charge < -0.3 is 10.2 Å². The summed E-state index contributed by atoms with van der Waals surface area (Å²) < 4.78 is 0. The third-order valence-corrected chi connectivity index (χ3v) is 4.76. The van der Waals surface area contributed by atoms with E-state index in [0.717, 1.165) is 12.8 Å². The predicted molar refractivity (Wildman–Crippen MR) is 85.7 cm³/mol. The van der Waals surface area contributed by atoms with Gasteiger partial charge in [-0.15, -0.1) is 0 Å². The minimum atomic E-state index is -0.0789. The van der Waals surface area contributed by atoms with Crippen LogP contribution in [0.15, 0.2) is 18.3 Å². The summed E-state index contributed by atoms with van der Waals surface area (Å²) in [5.41, 5.74) is 0.640. The van der Waals surface area contributed by atoms with Crippen molar-refractivity contribution in [2.75, 3.05) is 20.6 Å². The number of pyridine rings is 1. The fourth-order valence-corrected chi connectivity index (χ4v) is 3.23. The van der Waals surface area contributed by atoms with Crippen LogP contribution in [0.2, 0.25) is 5.15 Å². The molecule has 0 bridgehead atoms. The van der Waals surface area contributed by atoms with Crippen LogP contribution in [0.4, 0.5) is 0 Å². The standard InChI is InChI=1S/C16H24ClN3O/c1-20(2)16(8-5-3-4-6-9-16)12-19-15(21)13-7-10-18-14(17)11-13/h7,10-11H,3-6,8-9,12H2,1-2H3,(H,19,21). The van der Waals surface area contributed by atoms with Crippen LogP contribution in [-0.4, -0.2) is 42.0 Å². The Morgan fingerprint density at radius 1 is 1.33 bits per heavy atom. The fraction of sp³-hybridized carbons (Fsp3) is 0.625. The van der Waals surface area contributed by atoms with Crippen molar-refractivity contribution in [1.82, 2.24) is 15.2 Å². The molecule has 1 aromatic rings. The van der Waals surface area contributed by atoms with E-state index in [9.17, 15) is 4.79 Å². The van der Waals surface area contributed by atoms with Gasteiger partial charge >= 0.3 is 0 Å². The largest absolute Gasteiger partial charge is 0.350 e. The lowest BCUT2D eigenvalue weighted by Gasteiger charge is -2.39. The maximum Gasteiger partial charge on any atom is 0.251 e. The first kappa shape index (κ1) is 16.2. The zero-order chi connectivity index (χ0) is 15.3. The topological polar surface area (TPSA) is 45.2 Å². The number of nitrogens with one attached hydrogen (secondary N) is 1. The lowest BCUT2D eigenvalue weighted by atomic mass is 9.88. The van der Waals surface area contributed by atoms with E-state index < -0.39 is 0 Å². The average molecular weight is 310 g/mol. The molecule has 1 aliphatic rings. The van der Waals surface area contributed by atoms with Gasteiger partial charge in [-0.1, -0.05) is 37.3 Å². The highest BCUT2D eigenvalue weighted by Gasteiger charge is 2.33. The van der Waals surface area contributed by atoms with E-state index in [2.05, 4.69) is 29.3 Å². The van der Waals surface area contributed by atoms with E-state index >= 15 is 0 Å². The third kappa shape index (κ3) is 4.17. The van der Waals surface area contributed by atoms with Crippen molar-refractivity contribution in [3.63, 3.8) is 0 Å². The molecule has 116 valence electrons. The molecule has 0 saturated heterocycles. The van der Waals surface area contributed by atoms with Gasteiger partial charge in [-0.25, -0.2) is 4.98 Å². The molecule has 0 atom stereocenters. The smallest absolute Gasteiger partial charge is 0.251 e. The predicted octanol–water partition coefficient (Wildman–Crippen LogP) is 3.12. The van der Waals surface area contributed by atoms with Crippen molar-refractivity contribution in [2.45, 2.75) is 44.1 Å². The van der Waals surface area contributed by atoms with Crippen LogP contribution in [0.1, 0.15) is 48.9 Å². The van der Waals surface area contributed by atoms with Crippen molar-refractivity contribution in [3.8, 4) is 0 Å². The van der Waals surface area contributed by atoms with Crippen LogP contribution in [0.5, 0.6) is 0 Å². The Morgan fingerprint density at radius 3 is 2.57 bits per heavy atom. The highest BCUT2D eigenvalue weighted by atomic mass is 35.5. The van der Waals surface area contributed by atoms with E-state index in [4.69, 9.17) is 11.6 Å². The number of hydrogen-bond acceptors (Lipinski definition) is 3. The van der Waals surface area contributed by atoms with Crippen LogP contribution in [0.3, 0.4) is 0 Å². The van der Waals surface area contributed by atoms with Gasteiger partial charge in [0.25, 0.3) is 5.91 Å². The van der Waals surface area contributed by atoms with Crippen molar-refractivity contribution in [3.05, 3.63) is 29.0 Å². The van der Waals surface area contributed by atoms with Gasteiger partial charge in [0.2, 0.25) is 0 Å². The van der Waals surface area contributed by atoms with Gasteiger partial charge in [0.1, 0.15) is 5.15 Å². The van der Waals surface area contributed by atoms with Crippen LogP contribution in [0.25, 0.3) is 0 Å². The number of amides is 1. The summed E-state index contributed by atoms with van der Waals surface area (Å²) in [5, 5.41) is 3.43. The molecule has 1 aromatic heterocycles. The van der Waals surface area contributed by atoms with Crippen LogP contribution >= 0.6 is 11.6 Å². The molecule has 1 N–H and O–H groups in total. The molecule has 1 fully saturated rings. The third-order valence-electron chi connectivity index (χ3n) is 4.55. The number of carbonyl (C=O) groups is 1. The summed E-state index contributed by atoms with van der Waals surface area (Å²) in [6.07, 6.45) is 8.89. The quantitative estimate of drug-likeness (QED) is 0.686. The maximum atomic E-state index is 12.3. The number of hydrogen-bond donors (Lipinski definition) is 1. The number of carbonyl (C=O) groups excluding carboxylic acids is 1. The number of aromatic nitrogens is 1. The second kappa shape index (κ2) is 7.23. The summed E-state index contributed by atoms with van der Waals surface area (Å²) in [6, 6.07) is 3.29. The Balaban J connectivity index is 2.03. The van der Waals surface area contributed by atoms with E-state index in [1.807, 2.05) is 0 Å². The summed E-state index contributed by atoms with van der Waals surface area (Å²) in [5.74, 6) is -0.0789. The zero-order valence-electron chi connectivity index (χ0n) is 12.9. The lowest BCUT2D eigenvalue weighted by Crippen LogP contribution is -2.52. The highest BCUT2D eigenvalue weighted by Crippen LogP contribution is 2.30. The monoisotopic (exact) mass is 309 g/mol. The number of halogens is 1. The van der Waals surface area contributed by atoms with Gasteiger partial charge in [-0.05, 0) is 39.1 Å². The van der Waals surface area contributed by atoms with Crippen LogP contribution < -0.4 is 5.32 Å². The molecule has 0 spiro atoms. The van der Waals surface area contributed by atoms with E-state index in [0.29, 0.717) is 17.3 Å². The minimum absolute atomic E-state index is 0.0724. The van der Waals surface area contributed by atoms with Gasteiger partial charge in [-0.3, -0.25) is 4.79 Å². The van der Waals surface area contributed by atoms with Gasteiger partial charge in [0.05, 0.1) is 0 Å². The minimum Gasteiger partial charge on any atom is -0.350 e. The maximum absolute atomic E-state index is 12.3. The first-order chi connectivity index (χ1) is 10.0. The molecule has 0 unspecified atom stereocenters. The lowest BCUT2D eigenvalue weighted by molar-refractivity contribution is 0.0869. The first-order valence-electron chi connectivity index (χ1n) is 7.61. The number of likely N-dealkylation sites (N-methyl/N-ethyl adjacent to an activating group) is 1. The summed E-state index contributed by atoms with van der Waals surface area (Å²) in [6.45, 7) is 0.679. The Kier molecular flexibility index (Phi) is 5.59. The molecule has 1 aliphatic carbocycles. The van der Waals surface area contributed by atoms with Gasteiger partial charge in [0.15, 0.2) is 0 Å². The summed E-state index contributed by atoms with van der Waals surface area (Å²) in [7, 11) is 4.22. The Hall–Kier alpha value is -1.13. The molecule has 1 heterocycles. The van der Waals surface area contributed by atoms with E-state index in [1.165, 1.54) is 25.7 Å². The summed E-state index contributed by atoms with van der Waals surface area (Å²) in [4.78, 5) is 18.5. The molecule has 1 saturated carbocycles. The molecule has 0 aliphatic heterocycles. The number of nitrogens with zero attached hydrogens (tertiary/aromatic N) is 2. The van der Waals surface area contributed by atoms with E-state index in [-0.39, 0.29) is 11.4 Å². The van der Waals surface area contributed by atoms with E-state index in [1.54, 1.807) is 18.3 Å².